The van der Waals surface area contributed by atoms with Gasteiger partial charge >= 0.3 is 0 Å². The van der Waals surface area contributed by atoms with Gasteiger partial charge in [-0.25, -0.2) is 4.39 Å². The highest BCUT2D eigenvalue weighted by Gasteiger charge is 2.47. The van der Waals surface area contributed by atoms with Gasteiger partial charge in [-0.05, 0) is 59.4 Å². The molecule has 6 rings (SSSR count). The van der Waals surface area contributed by atoms with E-state index < -0.39 is 0 Å². The summed E-state index contributed by atoms with van der Waals surface area (Å²) in [7, 11) is 0. The third-order valence-corrected chi connectivity index (χ3v) is 7.23. The summed E-state index contributed by atoms with van der Waals surface area (Å²) in [4.78, 5) is 17.4. The lowest BCUT2D eigenvalue weighted by atomic mass is 9.64. The zero-order chi connectivity index (χ0) is 19.5. The van der Waals surface area contributed by atoms with Gasteiger partial charge in [0.2, 0.25) is 0 Å². The lowest BCUT2D eigenvalue weighted by Crippen LogP contribution is -2.36. The Kier molecular flexibility index (Phi) is 3.78. The largest absolute Gasteiger partial charge is 0.306 e. The number of fused-ring (bicyclic) bond motifs is 1. The van der Waals surface area contributed by atoms with Crippen LogP contribution in [-0.4, -0.2) is 37.0 Å². The van der Waals surface area contributed by atoms with Crippen molar-refractivity contribution in [2.24, 2.45) is 11.8 Å². The van der Waals surface area contributed by atoms with E-state index in [9.17, 15) is 9.18 Å². The second kappa shape index (κ2) is 6.39. The maximum Gasteiger partial charge on any atom is 0.259 e. The van der Waals surface area contributed by atoms with Gasteiger partial charge in [0.05, 0.1) is 5.69 Å². The Balaban J connectivity index is 1.14. The number of rotatable bonds is 4. The van der Waals surface area contributed by atoms with E-state index in [1.165, 1.54) is 12.0 Å². The van der Waals surface area contributed by atoms with Crippen molar-refractivity contribution >= 4 is 22.4 Å². The first-order chi connectivity index (χ1) is 14.2. The molecular formula is C25H23FN2O. The molecule has 1 amide bonds. The number of halogens is 1. The fourth-order valence-electron chi connectivity index (χ4n) is 5.72. The maximum absolute atomic E-state index is 13.2. The first-order valence-electron chi connectivity index (χ1n) is 10.5. The van der Waals surface area contributed by atoms with E-state index in [4.69, 9.17) is 0 Å². The number of hydrogen-bond acceptors (Lipinski definition) is 2. The van der Waals surface area contributed by atoms with Crippen LogP contribution in [0.1, 0.15) is 28.3 Å². The van der Waals surface area contributed by atoms with Gasteiger partial charge in [0.25, 0.3) is 5.91 Å². The predicted molar refractivity (Wildman–Crippen MR) is 113 cm³/mol. The SMILES string of the molecule is O=C1c2cccc3cccc(c23)N1CCN1CC2CC(c3ccc(F)cc3)C2C1. The zero-order valence-electron chi connectivity index (χ0n) is 16.2. The van der Waals surface area contributed by atoms with Crippen LogP contribution in [0.4, 0.5) is 10.1 Å². The number of nitrogens with zero attached hydrogens (tertiary/aromatic N) is 2. The molecule has 0 N–H and O–H groups in total. The van der Waals surface area contributed by atoms with Crippen molar-refractivity contribution in [3.8, 4) is 0 Å². The first kappa shape index (κ1) is 17.2. The number of likely N-dealkylation sites (tertiary alicyclic amines) is 1. The molecule has 3 aliphatic rings. The van der Waals surface area contributed by atoms with E-state index in [-0.39, 0.29) is 11.7 Å². The molecule has 0 bridgehead atoms. The van der Waals surface area contributed by atoms with Crippen LogP contribution < -0.4 is 4.90 Å². The van der Waals surface area contributed by atoms with Crippen LogP contribution in [0.15, 0.2) is 60.7 Å². The van der Waals surface area contributed by atoms with Crippen molar-refractivity contribution in [2.75, 3.05) is 31.1 Å². The average molecular weight is 386 g/mol. The third kappa shape index (κ3) is 2.62. The Morgan fingerprint density at radius 2 is 1.72 bits per heavy atom. The van der Waals surface area contributed by atoms with Crippen LogP contribution in [0.5, 0.6) is 0 Å². The lowest BCUT2D eigenvalue weighted by Gasteiger charge is -2.40. The zero-order valence-corrected chi connectivity index (χ0v) is 16.2. The summed E-state index contributed by atoms with van der Waals surface area (Å²) in [6, 6.07) is 19.2. The van der Waals surface area contributed by atoms with Crippen LogP contribution in [0, 0.1) is 17.7 Å². The molecule has 29 heavy (non-hydrogen) atoms. The Labute approximate surface area is 169 Å². The fraction of sp³-hybridized carbons (Fsp3) is 0.320. The lowest BCUT2D eigenvalue weighted by molar-refractivity contribution is 0.0990. The monoisotopic (exact) mass is 386 g/mol. The van der Waals surface area contributed by atoms with Crippen molar-refractivity contribution in [3.63, 3.8) is 0 Å². The van der Waals surface area contributed by atoms with Gasteiger partial charge in [-0.2, -0.15) is 0 Å². The van der Waals surface area contributed by atoms with Gasteiger partial charge in [-0.15, -0.1) is 0 Å². The Bertz CT molecular complexity index is 1100. The van der Waals surface area contributed by atoms with E-state index in [1.54, 1.807) is 12.1 Å². The fourth-order valence-corrected chi connectivity index (χ4v) is 5.72. The predicted octanol–water partition coefficient (Wildman–Crippen LogP) is 4.67. The summed E-state index contributed by atoms with van der Waals surface area (Å²) < 4.78 is 13.2. The molecule has 4 heteroatoms. The highest BCUT2D eigenvalue weighted by Crippen LogP contribution is 2.51. The molecule has 3 atom stereocenters. The standard InChI is InChI=1S/C25H23FN2O/c26-19-9-7-16(8-10-19)21-13-18-14-27(15-22(18)21)11-12-28-23-6-2-4-17-3-1-5-20(24(17)23)25(28)29/h1-10,18,21-22H,11-15H2. The summed E-state index contributed by atoms with van der Waals surface area (Å²) in [5, 5.41) is 2.23. The number of carbonyl (C=O) groups excluding carboxylic acids is 1. The van der Waals surface area contributed by atoms with E-state index in [1.807, 2.05) is 35.2 Å². The molecule has 146 valence electrons. The maximum atomic E-state index is 13.2. The minimum Gasteiger partial charge on any atom is -0.306 e. The third-order valence-electron chi connectivity index (χ3n) is 7.23. The van der Waals surface area contributed by atoms with Gasteiger partial charge < -0.3 is 9.80 Å². The first-order valence-corrected chi connectivity index (χ1v) is 10.5. The smallest absolute Gasteiger partial charge is 0.259 e. The molecule has 3 aromatic carbocycles. The van der Waals surface area contributed by atoms with Gasteiger partial charge in [-0.1, -0.05) is 36.4 Å². The van der Waals surface area contributed by atoms with Crippen molar-refractivity contribution in [1.82, 2.24) is 4.90 Å². The molecule has 0 spiro atoms. The molecule has 1 saturated carbocycles. The molecule has 2 aliphatic heterocycles. The molecule has 3 nitrogen and oxygen atoms in total. The number of benzene rings is 3. The number of amides is 1. The van der Waals surface area contributed by atoms with Crippen molar-refractivity contribution in [3.05, 3.63) is 77.6 Å². The average Bonchev–Trinajstić information content (AvgIpc) is 3.19. The molecule has 0 radical (unpaired) electrons. The van der Waals surface area contributed by atoms with Crippen LogP contribution in [0.2, 0.25) is 0 Å². The van der Waals surface area contributed by atoms with E-state index in [0.29, 0.717) is 11.8 Å². The molecule has 3 aromatic rings. The normalized spacial score (nSPS) is 25.5. The summed E-state index contributed by atoms with van der Waals surface area (Å²) in [6.45, 7) is 3.82. The number of anilines is 1. The van der Waals surface area contributed by atoms with Gasteiger partial charge in [0.15, 0.2) is 0 Å². The topological polar surface area (TPSA) is 23.6 Å². The molecule has 1 saturated heterocycles. The van der Waals surface area contributed by atoms with Gasteiger partial charge in [-0.3, -0.25) is 4.79 Å². The summed E-state index contributed by atoms with van der Waals surface area (Å²) >= 11 is 0. The van der Waals surface area contributed by atoms with Crippen LogP contribution in [0.25, 0.3) is 10.8 Å². The molecule has 0 aromatic heterocycles. The highest BCUT2D eigenvalue weighted by molar-refractivity contribution is 6.25. The van der Waals surface area contributed by atoms with E-state index in [2.05, 4.69) is 23.1 Å². The second-order valence-corrected chi connectivity index (χ2v) is 8.71. The number of hydrogen-bond donors (Lipinski definition) is 0. The summed E-state index contributed by atoms with van der Waals surface area (Å²) in [5.74, 6) is 1.92. The Hall–Kier alpha value is -2.72. The summed E-state index contributed by atoms with van der Waals surface area (Å²) in [6.07, 6.45) is 1.19. The van der Waals surface area contributed by atoms with Crippen molar-refractivity contribution < 1.29 is 9.18 Å². The Morgan fingerprint density at radius 1 is 0.931 bits per heavy atom. The minimum absolute atomic E-state index is 0.128. The van der Waals surface area contributed by atoms with Crippen LogP contribution in [-0.2, 0) is 0 Å². The molecule has 3 unspecified atom stereocenters. The molecule has 2 heterocycles. The van der Waals surface area contributed by atoms with E-state index >= 15 is 0 Å². The number of carbonyl (C=O) groups is 1. The Morgan fingerprint density at radius 3 is 2.55 bits per heavy atom. The van der Waals surface area contributed by atoms with Crippen molar-refractivity contribution in [2.45, 2.75) is 12.3 Å². The molecule has 1 aliphatic carbocycles. The van der Waals surface area contributed by atoms with Crippen LogP contribution in [0.3, 0.4) is 0 Å². The van der Waals surface area contributed by atoms with E-state index in [0.717, 1.165) is 54.1 Å². The molecule has 2 fully saturated rings. The minimum atomic E-state index is -0.163. The second-order valence-electron chi connectivity index (χ2n) is 8.71. The molecular weight excluding hydrogens is 363 g/mol. The van der Waals surface area contributed by atoms with Crippen molar-refractivity contribution in [1.29, 1.82) is 0 Å². The van der Waals surface area contributed by atoms with Gasteiger partial charge in [0, 0.05) is 37.1 Å². The van der Waals surface area contributed by atoms with Crippen LogP contribution >= 0.6 is 0 Å². The van der Waals surface area contributed by atoms with Gasteiger partial charge in [0.1, 0.15) is 5.82 Å². The highest BCUT2D eigenvalue weighted by atomic mass is 19.1. The summed E-state index contributed by atoms with van der Waals surface area (Å²) in [5.41, 5.74) is 3.15. The quantitative estimate of drug-likeness (QED) is 0.650.